The molecule has 4 nitrogen and oxygen atoms in total. The molecule has 0 amide bonds. The van der Waals surface area contributed by atoms with Gasteiger partial charge in [0.15, 0.2) is 0 Å². The number of carboxylic acid groups (broad SMARTS) is 1. The number of nitrogens with two attached hydrogens (primary N) is 1. The maximum Gasteiger partial charge on any atom is 0.338 e. The molecule has 14 heavy (non-hydrogen) atoms. The van der Waals surface area contributed by atoms with Crippen molar-refractivity contribution in [1.29, 1.82) is 0 Å². The molecule has 74 valence electrons. The van der Waals surface area contributed by atoms with Gasteiger partial charge in [0.2, 0.25) is 0 Å². The van der Waals surface area contributed by atoms with E-state index < -0.39 is 5.97 Å². The average molecular weight is 213 g/mol. The molecule has 0 fully saturated rings. The van der Waals surface area contributed by atoms with Crippen LogP contribution >= 0.6 is 11.6 Å². The van der Waals surface area contributed by atoms with Gasteiger partial charge in [0, 0.05) is 12.7 Å². The highest BCUT2D eigenvalue weighted by molar-refractivity contribution is 6.32. The second kappa shape index (κ2) is 4.74. The van der Waals surface area contributed by atoms with Crippen LogP contribution in [0.3, 0.4) is 0 Å². The second-order valence-corrected chi connectivity index (χ2v) is 2.91. The van der Waals surface area contributed by atoms with Gasteiger partial charge < -0.3 is 10.8 Å². The molecule has 0 radical (unpaired) electrons. The van der Waals surface area contributed by atoms with E-state index in [4.69, 9.17) is 22.4 Å². The van der Waals surface area contributed by atoms with Crippen LogP contribution in [0, 0.1) is 0 Å². The molecule has 3 N–H and O–H groups in total. The van der Waals surface area contributed by atoms with Gasteiger partial charge in [0.05, 0.1) is 5.56 Å². The van der Waals surface area contributed by atoms with Gasteiger partial charge in [0.1, 0.15) is 5.15 Å². The number of aromatic nitrogens is 1. The molecule has 1 aromatic heterocycles. The summed E-state index contributed by atoms with van der Waals surface area (Å²) in [5, 5.41) is 8.73. The van der Waals surface area contributed by atoms with Gasteiger partial charge in [-0.15, -0.1) is 0 Å². The van der Waals surface area contributed by atoms with E-state index in [-0.39, 0.29) is 10.7 Å². The molecule has 0 aliphatic rings. The number of aromatic carboxylic acids is 1. The smallest absolute Gasteiger partial charge is 0.338 e. The molecule has 0 bridgehead atoms. The van der Waals surface area contributed by atoms with Crippen molar-refractivity contribution in [3.63, 3.8) is 0 Å². The van der Waals surface area contributed by atoms with E-state index in [0.717, 1.165) is 0 Å². The van der Waals surface area contributed by atoms with E-state index in [0.29, 0.717) is 12.1 Å². The van der Waals surface area contributed by atoms with E-state index in [1.165, 1.54) is 12.3 Å². The third-order valence-corrected chi connectivity index (χ3v) is 1.84. The first kappa shape index (κ1) is 10.7. The van der Waals surface area contributed by atoms with Crippen LogP contribution in [-0.2, 0) is 0 Å². The molecule has 0 spiro atoms. The van der Waals surface area contributed by atoms with Crippen LogP contribution in [0.5, 0.6) is 0 Å². The van der Waals surface area contributed by atoms with Crippen LogP contribution < -0.4 is 5.73 Å². The van der Waals surface area contributed by atoms with Gasteiger partial charge in [-0.05, 0) is 11.6 Å². The Balaban J connectivity index is 3.06. The van der Waals surface area contributed by atoms with Crippen LogP contribution in [0.15, 0.2) is 18.3 Å². The Labute approximate surface area is 86.0 Å². The number of carboxylic acids is 1. The number of pyridine rings is 1. The standard InChI is InChI=1S/C9H9ClN2O2/c10-8-7(9(13)14)4-6(5-12-8)2-1-3-11/h1-2,4-5H,3,11H2,(H,13,14). The fourth-order valence-electron chi connectivity index (χ4n) is 0.909. The lowest BCUT2D eigenvalue weighted by Crippen LogP contribution is -1.99. The summed E-state index contributed by atoms with van der Waals surface area (Å²) in [6, 6.07) is 1.45. The van der Waals surface area contributed by atoms with Gasteiger partial charge in [-0.1, -0.05) is 23.8 Å². The van der Waals surface area contributed by atoms with Crippen molar-refractivity contribution in [3.05, 3.63) is 34.6 Å². The van der Waals surface area contributed by atoms with Crippen LogP contribution in [0.4, 0.5) is 0 Å². The molecule has 0 saturated heterocycles. The van der Waals surface area contributed by atoms with Crippen molar-refractivity contribution < 1.29 is 9.90 Å². The highest BCUT2D eigenvalue weighted by Crippen LogP contribution is 2.14. The number of hydrogen-bond acceptors (Lipinski definition) is 3. The Bertz CT molecular complexity index is 377. The van der Waals surface area contributed by atoms with Gasteiger partial charge in [0.25, 0.3) is 0 Å². The quantitative estimate of drug-likeness (QED) is 0.743. The summed E-state index contributed by atoms with van der Waals surface area (Å²) in [6.45, 7) is 0.394. The van der Waals surface area contributed by atoms with Gasteiger partial charge >= 0.3 is 5.97 Å². The first-order chi connectivity index (χ1) is 6.65. The number of rotatable bonds is 3. The molecule has 0 aromatic carbocycles. The summed E-state index contributed by atoms with van der Waals surface area (Å²) in [4.78, 5) is 14.4. The molecular weight excluding hydrogens is 204 g/mol. The molecule has 1 heterocycles. The van der Waals surface area contributed by atoms with E-state index in [1.807, 2.05) is 0 Å². The molecule has 1 aromatic rings. The Morgan fingerprint density at radius 1 is 1.71 bits per heavy atom. The van der Waals surface area contributed by atoms with Crippen molar-refractivity contribution in [3.8, 4) is 0 Å². The maximum atomic E-state index is 10.7. The van der Waals surface area contributed by atoms with E-state index in [1.54, 1.807) is 12.2 Å². The topological polar surface area (TPSA) is 76.2 Å². The van der Waals surface area contributed by atoms with Gasteiger partial charge in [-0.25, -0.2) is 9.78 Å². The molecule has 0 saturated carbocycles. The zero-order valence-electron chi connectivity index (χ0n) is 7.27. The molecule has 0 atom stereocenters. The minimum atomic E-state index is -1.09. The molecule has 5 heteroatoms. The van der Waals surface area contributed by atoms with E-state index in [2.05, 4.69) is 4.98 Å². The van der Waals surface area contributed by atoms with Gasteiger partial charge in [-0.2, -0.15) is 0 Å². The summed E-state index contributed by atoms with van der Waals surface area (Å²) >= 11 is 5.58. The van der Waals surface area contributed by atoms with Crippen LogP contribution in [0.1, 0.15) is 15.9 Å². The third kappa shape index (κ3) is 2.55. The molecule has 1 rings (SSSR count). The van der Waals surface area contributed by atoms with E-state index >= 15 is 0 Å². The fraction of sp³-hybridized carbons (Fsp3) is 0.111. The van der Waals surface area contributed by atoms with Crippen molar-refractivity contribution >= 4 is 23.6 Å². The largest absolute Gasteiger partial charge is 0.478 e. The van der Waals surface area contributed by atoms with Gasteiger partial charge in [-0.3, -0.25) is 0 Å². The summed E-state index contributed by atoms with van der Waals surface area (Å²) < 4.78 is 0. The first-order valence-electron chi connectivity index (χ1n) is 3.90. The predicted molar refractivity (Wildman–Crippen MR) is 54.3 cm³/mol. The van der Waals surface area contributed by atoms with Crippen molar-refractivity contribution in [2.75, 3.05) is 6.54 Å². The lowest BCUT2D eigenvalue weighted by atomic mass is 10.2. The minimum absolute atomic E-state index is 0.00848. The Hall–Kier alpha value is -1.39. The van der Waals surface area contributed by atoms with Crippen LogP contribution in [-0.4, -0.2) is 22.6 Å². The average Bonchev–Trinajstić information content (AvgIpc) is 2.16. The first-order valence-corrected chi connectivity index (χ1v) is 4.28. The Kier molecular flexibility index (Phi) is 3.62. The summed E-state index contributed by atoms with van der Waals surface area (Å²) in [7, 11) is 0. The second-order valence-electron chi connectivity index (χ2n) is 2.55. The predicted octanol–water partition coefficient (Wildman–Crippen LogP) is 1.41. The SMILES string of the molecule is NCC=Cc1cnc(Cl)c(C(=O)O)c1. The Morgan fingerprint density at radius 2 is 2.43 bits per heavy atom. The van der Waals surface area contributed by atoms with Crippen molar-refractivity contribution in [2.24, 2.45) is 5.73 Å². The van der Waals surface area contributed by atoms with Crippen molar-refractivity contribution in [1.82, 2.24) is 4.98 Å². The summed E-state index contributed by atoms with van der Waals surface area (Å²) in [5.74, 6) is -1.09. The number of halogens is 1. The summed E-state index contributed by atoms with van der Waals surface area (Å²) in [5.41, 5.74) is 5.91. The fourth-order valence-corrected chi connectivity index (χ4v) is 1.09. The van der Waals surface area contributed by atoms with Crippen LogP contribution in [0.2, 0.25) is 5.15 Å². The zero-order chi connectivity index (χ0) is 10.6. The molecular formula is C9H9ClN2O2. The number of carbonyl (C=O) groups is 1. The van der Waals surface area contributed by atoms with Crippen LogP contribution in [0.25, 0.3) is 6.08 Å². The maximum absolute atomic E-state index is 10.7. The Morgan fingerprint density at radius 3 is 3.00 bits per heavy atom. The molecule has 0 aliphatic carbocycles. The summed E-state index contributed by atoms with van der Waals surface area (Å²) in [6.07, 6.45) is 4.88. The number of nitrogens with zero attached hydrogens (tertiary/aromatic N) is 1. The lowest BCUT2D eigenvalue weighted by Gasteiger charge is -1.98. The normalized spacial score (nSPS) is 10.7. The number of hydrogen-bond donors (Lipinski definition) is 2. The monoisotopic (exact) mass is 212 g/mol. The molecule has 0 aliphatic heterocycles. The lowest BCUT2D eigenvalue weighted by molar-refractivity contribution is 0.0696. The highest BCUT2D eigenvalue weighted by atomic mass is 35.5. The zero-order valence-corrected chi connectivity index (χ0v) is 8.03. The third-order valence-electron chi connectivity index (χ3n) is 1.54. The van der Waals surface area contributed by atoms with E-state index in [9.17, 15) is 4.79 Å². The highest BCUT2D eigenvalue weighted by Gasteiger charge is 2.09. The molecule has 0 unspecified atom stereocenters. The van der Waals surface area contributed by atoms with Crippen molar-refractivity contribution in [2.45, 2.75) is 0 Å². The minimum Gasteiger partial charge on any atom is -0.478 e.